The third-order valence-electron chi connectivity index (χ3n) is 0.857. The van der Waals surface area contributed by atoms with Crippen molar-refractivity contribution < 1.29 is 14.3 Å². The first-order chi connectivity index (χ1) is 6.95. The molecule has 0 radical (unpaired) electrons. The van der Waals surface area contributed by atoms with Gasteiger partial charge in [-0.25, -0.2) is 4.99 Å². The van der Waals surface area contributed by atoms with Gasteiger partial charge >= 0.3 is 5.97 Å². The lowest BCUT2D eigenvalue weighted by atomic mass is 10.7. The summed E-state index contributed by atoms with van der Waals surface area (Å²) in [6.45, 7) is 6.38. The largest absolute Gasteiger partial charge is 0.469 e. The summed E-state index contributed by atoms with van der Waals surface area (Å²) >= 11 is 0. The second-order valence-corrected chi connectivity index (χ2v) is 2.12. The Morgan fingerprint density at radius 1 is 1.13 bits per heavy atom. The molecule has 0 atom stereocenters. The third kappa shape index (κ3) is 68.3. The van der Waals surface area contributed by atoms with Crippen molar-refractivity contribution >= 4 is 24.3 Å². The Morgan fingerprint density at radius 2 is 1.47 bits per heavy atom. The number of aliphatic imine (C=N–C) groups is 2. The number of esters is 1. The number of ether oxygens (including phenoxy) is 1. The van der Waals surface area contributed by atoms with E-state index in [9.17, 15) is 9.59 Å². The fraction of sp³-hybridized carbons (Fsp3) is 0.600. The molecule has 0 spiro atoms. The van der Waals surface area contributed by atoms with Gasteiger partial charge in [-0.1, -0.05) is 0 Å². The van der Waals surface area contributed by atoms with Gasteiger partial charge in [-0.15, -0.1) is 0 Å². The van der Waals surface area contributed by atoms with Crippen LogP contribution >= 0.6 is 0 Å². The van der Waals surface area contributed by atoms with Crippen molar-refractivity contribution in [2.45, 2.75) is 27.7 Å². The lowest BCUT2D eigenvalue weighted by Gasteiger charge is -1.80. The van der Waals surface area contributed by atoms with Crippen LogP contribution < -0.4 is 0 Å². The molecule has 1 amide bonds. The standard InChI is InChI=1S/C4H7NO.C3H7N.C3H6O2/c1-3-5-4(2)6;1-3-4-2;1-3(4)5-2/h3H,1-2H3;3H,1-2H3;1-2H3. The van der Waals surface area contributed by atoms with Crippen LogP contribution in [0.25, 0.3) is 0 Å². The molecule has 0 saturated heterocycles. The topological polar surface area (TPSA) is 68.1 Å². The number of carbonyl (C=O) groups excluding carboxylic acids is 2. The zero-order chi connectivity index (χ0) is 12.7. The van der Waals surface area contributed by atoms with E-state index in [1.807, 2.05) is 6.92 Å². The SMILES string of the molecule is CC=NC.CC=NC(C)=O.COC(C)=O. The van der Waals surface area contributed by atoms with E-state index < -0.39 is 0 Å². The zero-order valence-corrected chi connectivity index (χ0v) is 10.3. The predicted molar refractivity (Wildman–Crippen MR) is 62.6 cm³/mol. The highest BCUT2D eigenvalue weighted by Gasteiger charge is 1.75. The second-order valence-electron chi connectivity index (χ2n) is 2.12. The molecule has 0 aliphatic rings. The second kappa shape index (κ2) is 18.3. The average Bonchev–Trinajstić information content (AvgIpc) is 2.19. The lowest BCUT2D eigenvalue weighted by Crippen LogP contribution is -1.88. The van der Waals surface area contributed by atoms with Crippen LogP contribution in [0.2, 0.25) is 0 Å². The average molecular weight is 216 g/mol. The van der Waals surface area contributed by atoms with E-state index >= 15 is 0 Å². The van der Waals surface area contributed by atoms with E-state index in [2.05, 4.69) is 14.7 Å². The first-order valence-electron chi connectivity index (χ1n) is 4.36. The quantitative estimate of drug-likeness (QED) is 0.455. The molecule has 0 rings (SSSR count). The summed E-state index contributed by atoms with van der Waals surface area (Å²) in [4.78, 5) is 26.4. The summed E-state index contributed by atoms with van der Waals surface area (Å²) in [5.74, 6) is -0.387. The van der Waals surface area contributed by atoms with E-state index in [-0.39, 0.29) is 11.9 Å². The van der Waals surface area contributed by atoms with E-state index in [0.717, 1.165) is 0 Å². The summed E-state index contributed by atoms with van der Waals surface area (Å²) in [5.41, 5.74) is 0. The van der Waals surface area contributed by atoms with E-state index in [1.54, 1.807) is 20.2 Å². The van der Waals surface area contributed by atoms with Crippen LogP contribution in [-0.2, 0) is 14.3 Å². The van der Waals surface area contributed by atoms with Crippen LogP contribution in [-0.4, -0.2) is 38.5 Å². The molecule has 15 heavy (non-hydrogen) atoms. The number of hydrogen-bond acceptors (Lipinski definition) is 4. The summed E-state index contributed by atoms with van der Waals surface area (Å²) in [6, 6.07) is 0. The van der Waals surface area contributed by atoms with Gasteiger partial charge < -0.3 is 9.73 Å². The predicted octanol–water partition coefficient (Wildman–Crippen LogP) is 1.51. The molecule has 0 unspecified atom stereocenters. The van der Waals surface area contributed by atoms with Crippen LogP contribution in [0, 0.1) is 0 Å². The molecule has 0 aromatic rings. The van der Waals surface area contributed by atoms with Gasteiger partial charge in [0.1, 0.15) is 0 Å². The first kappa shape index (κ1) is 19.1. The fourth-order valence-electron chi connectivity index (χ4n) is 0.182. The Hall–Kier alpha value is -1.52. The number of methoxy groups -OCH3 is 1. The summed E-state index contributed by atoms with van der Waals surface area (Å²) in [7, 11) is 3.10. The molecule has 0 bridgehead atoms. The minimum absolute atomic E-state index is 0.141. The van der Waals surface area contributed by atoms with E-state index in [1.165, 1.54) is 27.2 Å². The van der Waals surface area contributed by atoms with Crippen molar-refractivity contribution in [1.82, 2.24) is 0 Å². The molecule has 5 heteroatoms. The molecule has 0 fully saturated rings. The van der Waals surface area contributed by atoms with Crippen molar-refractivity contribution in [2.24, 2.45) is 9.98 Å². The van der Waals surface area contributed by atoms with Crippen LogP contribution in [0.1, 0.15) is 27.7 Å². The van der Waals surface area contributed by atoms with Gasteiger partial charge in [-0.2, -0.15) is 0 Å². The molecule has 0 aromatic carbocycles. The third-order valence-corrected chi connectivity index (χ3v) is 0.857. The van der Waals surface area contributed by atoms with Gasteiger partial charge in [-0.3, -0.25) is 9.59 Å². The Bertz CT molecular complexity index is 207. The normalized spacial score (nSPS) is 8.67. The highest BCUT2D eigenvalue weighted by molar-refractivity contribution is 5.81. The van der Waals surface area contributed by atoms with E-state index in [4.69, 9.17) is 0 Å². The van der Waals surface area contributed by atoms with Gasteiger partial charge in [0.25, 0.3) is 0 Å². The van der Waals surface area contributed by atoms with Crippen molar-refractivity contribution in [2.75, 3.05) is 14.2 Å². The zero-order valence-electron chi connectivity index (χ0n) is 10.3. The van der Waals surface area contributed by atoms with Gasteiger partial charge in [0.2, 0.25) is 5.91 Å². The summed E-state index contributed by atoms with van der Waals surface area (Å²) in [5, 5.41) is 0. The van der Waals surface area contributed by atoms with Gasteiger partial charge in [0, 0.05) is 27.1 Å². The Morgan fingerprint density at radius 3 is 1.47 bits per heavy atom. The van der Waals surface area contributed by atoms with Gasteiger partial charge in [0.15, 0.2) is 0 Å². The lowest BCUT2D eigenvalue weighted by molar-refractivity contribution is -0.137. The molecule has 0 aromatic heterocycles. The Kier molecular flexibility index (Phi) is 23.3. The molecule has 0 aliphatic carbocycles. The van der Waals surface area contributed by atoms with Gasteiger partial charge in [0.05, 0.1) is 7.11 Å². The molecule has 0 N–H and O–H groups in total. The number of carbonyl (C=O) groups is 2. The summed E-state index contributed by atoms with van der Waals surface area (Å²) < 4.78 is 4.11. The highest BCUT2D eigenvalue weighted by Crippen LogP contribution is 1.63. The maximum absolute atomic E-state index is 9.85. The minimum Gasteiger partial charge on any atom is -0.469 e. The van der Waals surface area contributed by atoms with Crippen LogP contribution in [0.4, 0.5) is 0 Å². The van der Waals surface area contributed by atoms with Crippen molar-refractivity contribution in [3.05, 3.63) is 0 Å². The van der Waals surface area contributed by atoms with Crippen LogP contribution in [0.5, 0.6) is 0 Å². The van der Waals surface area contributed by atoms with Crippen LogP contribution in [0.3, 0.4) is 0 Å². The highest BCUT2D eigenvalue weighted by atomic mass is 16.5. The van der Waals surface area contributed by atoms with Crippen LogP contribution in [0.15, 0.2) is 9.98 Å². The van der Waals surface area contributed by atoms with Crippen molar-refractivity contribution in [3.63, 3.8) is 0 Å². The fourth-order valence-corrected chi connectivity index (χ4v) is 0.182. The number of hydrogen-bond donors (Lipinski definition) is 0. The number of rotatable bonds is 0. The van der Waals surface area contributed by atoms with E-state index in [0.29, 0.717) is 0 Å². The minimum atomic E-state index is -0.245. The molecule has 0 saturated carbocycles. The smallest absolute Gasteiger partial charge is 0.302 e. The molecule has 0 heterocycles. The monoisotopic (exact) mass is 216 g/mol. The maximum Gasteiger partial charge on any atom is 0.302 e. The Balaban J connectivity index is -0.000000147. The number of nitrogens with zero attached hydrogens (tertiary/aromatic N) is 2. The van der Waals surface area contributed by atoms with Crippen molar-refractivity contribution in [1.29, 1.82) is 0 Å². The summed E-state index contributed by atoms with van der Waals surface area (Å²) in [6.07, 6.45) is 3.22. The first-order valence-corrected chi connectivity index (χ1v) is 4.36. The molecule has 88 valence electrons. The number of amides is 1. The molecular formula is C10H20N2O3. The molecule has 5 nitrogen and oxygen atoms in total. The van der Waals surface area contributed by atoms with Crippen molar-refractivity contribution in [3.8, 4) is 0 Å². The molecular weight excluding hydrogens is 196 g/mol. The Labute approximate surface area is 91.3 Å². The van der Waals surface area contributed by atoms with Gasteiger partial charge in [-0.05, 0) is 20.1 Å². The maximum atomic E-state index is 9.85. The molecule has 0 aliphatic heterocycles.